The minimum atomic E-state index is -0.937. The zero-order valence-electron chi connectivity index (χ0n) is 23.9. The van der Waals surface area contributed by atoms with Crippen LogP contribution in [0.2, 0.25) is 0 Å². The molecule has 5 heteroatoms. The van der Waals surface area contributed by atoms with E-state index >= 15 is 0 Å². The van der Waals surface area contributed by atoms with E-state index in [2.05, 4.69) is 65.3 Å². The van der Waals surface area contributed by atoms with Gasteiger partial charge in [-0.15, -0.1) is 0 Å². The predicted molar refractivity (Wildman–Crippen MR) is 164 cm³/mol. The lowest BCUT2D eigenvalue weighted by molar-refractivity contribution is -0.0408. The van der Waals surface area contributed by atoms with Gasteiger partial charge >= 0.3 is 0 Å². The molecule has 4 aromatic carbocycles. The summed E-state index contributed by atoms with van der Waals surface area (Å²) in [4.78, 5) is 4.66. The zero-order valence-corrected chi connectivity index (χ0v) is 23.9. The van der Waals surface area contributed by atoms with Gasteiger partial charge in [-0.3, -0.25) is 9.80 Å². The maximum Gasteiger partial charge on any atom is 0.0973 e. The van der Waals surface area contributed by atoms with Gasteiger partial charge in [-0.2, -0.15) is 0 Å². The summed E-state index contributed by atoms with van der Waals surface area (Å²) >= 11 is 0. The van der Waals surface area contributed by atoms with E-state index in [0.717, 1.165) is 28.7 Å². The topological polar surface area (TPSA) is 67.2 Å². The molecule has 0 saturated carbocycles. The number of hydrogen-bond donors (Lipinski definition) is 3. The number of benzene rings is 4. The van der Waals surface area contributed by atoms with Crippen LogP contribution in [0.4, 0.5) is 0 Å². The maximum absolute atomic E-state index is 11.9. The van der Waals surface area contributed by atoms with Crippen molar-refractivity contribution in [1.29, 1.82) is 0 Å². The first-order chi connectivity index (χ1) is 20.0. The maximum atomic E-state index is 11.9. The molecule has 0 aliphatic carbocycles. The molecule has 1 fully saturated rings. The summed E-state index contributed by atoms with van der Waals surface area (Å²) in [7, 11) is 0. The molecular weight excluding hydrogens is 508 g/mol. The van der Waals surface area contributed by atoms with Gasteiger partial charge in [0.25, 0.3) is 0 Å². The Morgan fingerprint density at radius 2 is 0.927 bits per heavy atom. The van der Waals surface area contributed by atoms with Crippen LogP contribution >= 0.6 is 0 Å². The fourth-order valence-electron chi connectivity index (χ4n) is 5.98. The van der Waals surface area contributed by atoms with Gasteiger partial charge in [0.05, 0.1) is 25.5 Å². The van der Waals surface area contributed by atoms with E-state index in [4.69, 9.17) is 0 Å². The van der Waals surface area contributed by atoms with Crippen molar-refractivity contribution in [2.75, 3.05) is 6.67 Å². The summed E-state index contributed by atoms with van der Waals surface area (Å²) in [5.74, 6) is 0. The van der Waals surface area contributed by atoms with E-state index in [-0.39, 0.29) is 18.7 Å². The highest BCUT2D eigenvalue weighted by Gasteiger charge is 2.42. The lowest BCUT2D eigenvalue weighted by Gasteiger charge is -2.35. The molecule has 1 aliphatic heterocycles. The number of aliphatic hydroxyl groups is 3. The fourth-order valence-corrected chi connectivity index (χ4v) is 5.98. The summed E-state index contributed by atoms with van der Waals surface area (Å²) in [5.41, 5.74) is 6.75. The van der Waals surface area contributed by atoms with Gasteiger partial charge in [0.2, 0.25) is 0 Å². The minimum absolute atomic E-state index is 0.0112. The third-order valence-electron chi connectivity index (χ3n) is 8.42. The molecule has 0 spiro atoms. The highest BCUT2D eigenvalue weighted by molar-refractivity contribution is 5.25. The van der Waals surface area contributed by atoms with Gasteiger partial charge in [-0.25, -0.2) is 0 Å². The Hall–Kier alpha value is -3.32. The summed E-state index contributed by atoms with van der Waals surface area (Å²) in [6.07, 6.45) is 0.401. The van der Waals surface area contributed by atoms with Crippen LogP contribution in [0.3, 0.4) is 0 Å². The molecule has 4 aromatic rings. The lowest BCUT2D eigenvalue weighted by Crippen LogP contribution is -2.50. The van der Waals surface area contributed by atoms with Gasteiger partial charge in [-0.05, 0) is 52.6 Å². The highest BCUT2D eigenvalue weighted by Crippen LogP contribution is 2.28. The average Bonchev–Trinajstić information content (AvgIpc) is 3.10. The van der Waals surface area contributed by atoms with E-state index < -0.39 is 12.2 Å². The summed E-state index contributed by atoms with van der Waals surface area (Å²) < 4.78 is 0. The monoisotopic (exact) mass is 550 g/mol. The second-order valence-electron chi connectivity index (χ2n) is 11.3. The van der Waals surface area contributed by atoms with Crippen LogP contribution in [0.5, 0.6) is 0 Å². The van der Waals surface area contributed by atoms with Crippen molar-refractivity contribution >= 4 is 0 Å². The van der Waals surface area contributed by atoms with Crippen LogP contribution in [0.15, 0.2) is 109 Å². The molecule has 214 valence electrons. The molecule has 1 heterocycles. The molecule has 0 aromatic heterocycles. The molecule has 0 amide bonds. The van der Waals surface area contributed by atoms with E-state index in [1.165, 1.54) is 11.1 Å². The van der Waals surface area contributed by atoms with E-state index in [9.17, 15) is 15.3 Å². The standard InChI is InChI=1S/C36H42N2O3/c1-2-27-13-15-30(16-14-27)23-37-26-38(24-31-17-19-32(25-39)20-18-31)34(22-29-11-7-4-8-12-29)36(41)35(40)33(37)21-28-9-5-3-6-10-28/h3-20,33-36,39-41H,2,21-26H2,1H3. The number of aliphatic hydroxyl groups excluding tert-OH is 3. The molecule has 1 aliphatic rings. The molecular formula is C36H42N2O3. The van der Waals surface area contributed by atoms with Crippen molar-refractivity contribution in [2.24, 2.45) is 0 Å². The minimum Gasteiger partial charge on any atom is -0.392 e. The molecule has 4 atom stereocenters. The van der Waals surface area contributed by atoms with Gasteiger partial charge in [-0.1, -0.05) is 116 Å². The van der Waals surface area contributed by atoms with Crippen LogP contribution in [0.1, 0.15) is 40.3 Å². The molecule has 3 N–H and O–H groups in total. The lowest BCUT2D eigenvalue weighted by atomic mass is 9.91. The molecule has 41 heavy (non-hydrogen) atoms. The number of nitrogens with zero attached hydrogens (tertiary/aromatic N) is 2. The zero-order chi connectivity index (χ0) is 28.6. The Bertz CT molecular complexity index is 1220. The molecule has 0 radical (unpaired) electrons. The number of rotatable bonds is 10. The smallest absolute Gasteiger partial charge is 0.0973 e. The first-order valence-electron chi connectivity index (χ1n) is 14.7. The molecule has 5 nitrogen and oxygen atoms in total. The third-order valence-corrected chi connectivity index (χ3v) is 8.42. The van der Waals surface area contributed by atoms with Crippen molar-refractivity contribution in [2.45, 2.75) is 70.2 Å². The first kappa shape index (κ1) is 29.2. The highest BCUT2D eigenvalue weighted by atomic mass is 16.3. The Labute approximate surface area is 244 Å². The second kappa shape index (κ2) is 14.0. The summed E-state index contributed by atoms with van der Waals surface area (Å²) in [6, 6.07) is 36.7. The Morgan fingerprint density at radius 3 is 1.32 bits per heavy atom. The summed E-state index contributed by atoms with van der Waals surface area (Å²) in [5, 5.41) is 33.3. The van der Waals surface area contributed by atoms with E-state index in [1.54, 1.807) is 0 Å². The van der Waals surface area contributed by atoms with Crippen molar-refractivity contribution in [3.05, 3.63) is 143 Å². The normalized spacial score (nSPS) is 22.0. The van der Waals surface area contributed by atoms with Gasteiger partial charge in [0.1, 0.15) is 0 Å². The molecule has 4 unspecified atom stereocenters. The van der Waals surface area contributed by atoms with Crippen molar-refractivity contribution in [1.82, 2.24) is 9.80 Å². The van der Waals surface area contributed by atoms with Crippen molar-refractivity contribution < 1.29 is 15.3 Å². The van der Waals surface area contributed by atoms with Crippen LogP contribution in [0.25, 0.3) is 0 Å². The molecule has 1 saturated heterocycles. The van der Waals surface area contributed by atoms with Gasteiger partial charge < -0.3 is 15.3 Å². The number of hydrogen-bond acceptors (Lipinski definition) is 5. The van der Waals surface area contributed by atoms with Crippen LogP contribution in [-0.2, 0) is 39.0 Å². The number of aryl methyl sites for hydroxylation is 1. The predicted octanol–water partition coefficient (Wildman–Crippen LogP) is 4.96. The summed E-state index contributed by atoms with van der Waals surface area (Å²) in [6.45, 7) is 4.06. The fraction of sp³-hybridized carbons (Fsp3) is 0.333. The van der Waals surface area contributed by atoms with Crippen molar-refractivity contribution in [3.63, 3.8) is 0 Å². The van der Waals surface area contributed by atoms with Gasteiger partial charge in [0.15, 0.2) is 0 Å². The van der Waals surface area contributed by atoms with Crippen LogP contribution in [-0.4, -0.2) is 56.1 Å². The van der Waals surface area contributed by atoms with Crippen molar-refractivity contribution in [3.8, 4) is 0 Å². The molecule has 0 bridgehead atoms. The Kier molecular flexibility index (Phi) is 9.99. The third kappa shape index (κ3) is 7.50. The van der Waals surface area contributed by atoms with Crippen LogP contribution in [0, 0.1) is 0 Å². The first-order valence-corrected chi connectivity index (χ1v) is 14.7. The van der Waals surface area contributed by atoms with E-state index in [1.807, 2.05) is 60.7 Å². The van der Waals surface area contributed by atoms with Crippen LogP contribution < -0.4 is 0 Å². The second-order valence-corrected chi connectivity index (χ2v) is 11.3. The van der Waals surface area contributed by atoms with E-state index in [0.29, 0.717) is 32.6 Å². The van der Waals surface area contributed by atoms with Gasteiger partial charge in [0, 0.05) is 25.2 Å². The SMILES string of the molecule is CCc1ccc(CN2CN(Cc3ccc(CO)cc3)C(Cc3ccccc3)C(O)C(O)C2Cc2ccccc2)cc1. The quantitative estimate of drug-likeness (QED) is 0.261. The molecule has 5 rings (SSSR count). The largest absolute Gasteiger partial charge is 0.392 e. The average molecular weight is 551 g/mol. The Morgan fingerprint density at radius 1 is 0.537 bits per heavy atom. The Balaban J connectivity index is 1.51.